The van der Waals surface area contributed by atoms with Gasteiger partial charge in [-0.15, -0.1) is 0 Å². The fourth-order valence-electron chi connectivity index (χ4n) is 5.10. The number of rotatable bonds is 5. The number of anilines is 2. The molecule has 35 heavy (non-hydrogen) atoms. The number of piperazine rings is 1. The van der Waals surface area contributed by atoms with Crippen LogP contribution in [-0.2, 0) is 17.8 Å². The van der Waals surface area contributed by atoms with E-state index in [2.05, 4.69) is 45.0 Å². The maximum absolute atomic E-state index is 13.7. The van der Waals surface area contributed by atoms with Crippen LogP contribution in [0, 0.1) is 0 Å². The molecule has 1 N–H and O–H groups in total. The molecule has 0 amide bonds. The summed E-state index contributed by atoms with van der Waals surface area (Å²) in [5, 5.41) is 5.96. The Morgan fingerprint density at radius 3 is 2.71 bits per heavy atom. The predicted molar refractivity (Wildman–Crippen MR) is 136 cm³/mol. The SMILES string of the molecule is C=C(F)C(=O)C1(C)CN(c2nc(OC)nc3c2CCN(c2cccc4cccc(Cl)c24)C3)CCN1. The van der Waals surface area contributed by atoms with Gasteiger partial charge in [0.05, 0.1) is 29.9 Å². The van der Waals surface area contributed by atoms with Crippen LogP contribution in [-0.4, -0.2) is 54.6 Å². The van der Waals surface area contributed by atoms with Gasteiger partial charge in [-0.2, -0.15) is 9.97 Å². The summed E-state index contributed by atoms with van der Waals surface area (Å²) in [5.41, 5.74) is 1.85. The summed E-state index contributed by atoms with van der Waals surface area (Å²) < 4.78 is 19.2. The van der Waals surface area contributed by atoms with Crippen molar-refractivity contribution in [2.24, 2.45) is 0 Å². The zero-order chi connectivity index (χ0) is 24.7. The zero-order valence-electron chi connectivity index (χ0n) is 19.8. The molecule has 2 aliphatic rings. The van der Waals surface area contributed by atoms with Crippen LogP contribution in [0.4, 0.5) is 15.9 Å². The lowest BCUT2D eigenvalue weighted by atomic mass is 9.92. The lowest BCUT2D eigenvalue weighted by molar-refractivity contribution is -0.122. The molecule has 1 saturated heterocycles. The molecule has 7 nitrogen and oxygen atoms in total. The van der Waals surface area contributed by atoms with Gasteiger partial charge >= 0.3 is 6.01 Å². The van der Waals surface area contributed by atoms with Gasteiger partial charge in [0.25, 0.3) is 0 Å². The number of ether oxygens (including phenoxy) is 1. The first kappa shape index (κ1) is 23.5. The first-order valence-electron chi connectivity index (χ1n) is 11.6. The fraction of sp³-hybridized carbons (Fsp3) is 0.346. The zero-order valence-corrected chi connectivity index (χ0v) is 20.5. The van der Waals surface area contributed by atoms with Gasteiger partial charge in [-0.3, -0.25) is 4.79 Å². The highest BCUT2D eigenvalue weighted by atomic mass is 35.5. The number of nitrogens with one attached hydrogen (secondary N) is 1. The molecule has 5 rings (SSSR count). The maximum atomic E-state index is 13.7. The van der Waals surface area contributed by atoms with Crippen molar-refractivity contribution < 1.29 is 13.9 Å². The Hall–Kier alpha value is -3.23. The molecule has 9 heteroatoms. The summed E-state index contributed by atoms with van der Waals surface area (Å²) in [5.74, 6) is -0.864. The Bertz CT molecular complexity index is 1330. The van der Waals surface area contributed by atoms with E-state index in [1.165, 1.54) is 7.11 Å². The highest BCUT2D eigenvalue weighted by Gasteiger charge is 2.40. The van der Waals surface area contributed by atoms with Gasteiger partial charge < -0.3 is 19.9 Å². The van der Waals surface area contributed by atoms with Crippen LogP contribution in [0.2, 0.25) is 5.02 Å². The van der Waals surface area contributed by atoms with Crippen molar-refractivity contribution in [1.29, 1.82) is 0 Å². The topological polar surface area (TPSA) is 70.6 Å². The molecular weight excluding hydrogens is 469 g/mol. The highest BCUT2D eigenvalue weighted by Crippen LogP contribution is 2.37. The molecule has 0 saturated carbocycles. The number of ketones is 1. The van der Waals surface area contributed by atoms with Crippen molar-refractivity contribution >= 4 is 39.7 Å². The number of carbonyl (C=O) groups excluding carboxylic acids is 1. The summed E-state index contributed by atoms with van der Waals surface area (Å²) in [4.78, 5) is 26.1. The third-order valence-corrected chi connectivity index (χ3v) is 7.14. The number of halogens is 2. The van der Waals surface area contributed by atoms with E-state index in [1.807, 2.05) is 23.1 Å². The number of methoxy groups -OCH3 is 1. The maximum Gasteiger partial charge on any atom is 0.318 e. The number of aromatic nitrogens is 2. The average molecular weight is 496 g/mol. The van der Waals surface area contributed by atoms with Crippen molar-refractivity contribution in [2.45, 2.75) is 25.4 Å². The number of carbonyl (C=O) groups is 1. The molecule has 182 valence electrons. The molecule has 0 bridgehead atoms. The Balaban J connectivity index is 1.51. The first-order valence-corrected chi connectivity index (χ1v) is 11.9. The van der Waals surface area contributed by atoms with Gasteiger partial charge in [-0.25, -0.2) is 4.39 Å². The van der Waals surface area contributed by atoms with E-state index in [9.17, 15) is 9.18 Å². The van der Waals surface area contributed by atoms with Crippen LogP contribution in [0.15, 0.2) is 48.8 Å². The Morgan fingerprint density at radius 1 is 1.20 bits per heavy atom. The second-order valence-corrected chi connectivity index (χ2v) is 9.57. The van der Waals surface area contributed by atoms with Crippen molar-refractivity contribution in [3.05, 3.63) is 65.1 Å². The van der Waals surface area contributed by atoms with Crippen LogP contribution in [0.5, 0.6) is 6.01 Å². The fourth-order valence-corrected chi connectivity index (χ4v) is 5.38. The molecule has 1 atom stereocenters. The standard InChI is InChI=1S/C26H27ClFN5O2/c1-16(28)23(34)26(2)15-33(13-11-29-26)24-18-10-12-32(14-20(18)30-25(31-24)35-3)21-9-5-7-17-6-4-8-19(27)22(17)21/h4-9,29H,1,10-15H2,2-3H3. The number of Topliss-reactive ketones (excluding diaryl/α,β-unsaturated/α-hetero) is 1. The van der Waals surface area contributed by atoms with Gasteiger partial charge in [-0.05, 0) is 30.9 Å². The molecular formula is C26H27ClFN5O2. The van der Waals surface area contributed by atoms with E-state index in [0.717, 1.165) is 40.1 Å². The number of nitrogens with zero attached hydrogens (tertiary/aromatic N) is 4. The largest absolute Gasteiger partial charge is 0.467 e. The Morgan fingerprint density at radius 2 is 1.97 bits per heavy atom. The molecule has 1 fully saturated rings. The van der Waals surface area contributed by atoms with Gasteiger partial charge in [0.2, 0.25) is 5.78 Å². The van der Waals surface area contributed by atoms with Crippen molar-refractivity contribution in [1.82, 2.24) is 15.3 Å². The Labute approximate surface area is 208 Å². The average Bonchev–Trinajstić information content (AvgIpc) is 2.87. The minimum atomic E-state index is -1.09. The number of hydrogen-bond donors (Lipinski definition) is 1. The second kappa shape index (κ2) is 9.09. The van der Waals surface area contributed by atoms with Crippen molar-refractivity contribution in [2.75, 3.05) is 43.1 Å². The molecule has 0 spiro atoms. The monoisotopic (exact) mass is 495 g/mol. The van der Waals surface area contributed by atoms with Crippen LogP contribution in [0.25, 0.3) is 10.8 Å². The van der Waals surface area contributed by atoms with Gasteiger partial charge in [0, 0.05) is 42.8 Å². The molecule has 3 aromatic rings. The molecule has 1 unspecified atom stereocenters. The summed E-state index contributed by atoms with van der Waals surface area (Å²) in [6, 6.07) is 12.3. The van der Waals surface area contributed by atoms with Crippen LogP contribution in [0.3, 0.4) is 0 Å². The molecule has 3 heterocycles. The van der Waals surface area contributed by atoms with Crippen LogP contribution in [0.1, 0.15) is 18.2 Å². The Kier molecular flexibility index (Phi) is 6.11. The van der Waals surface area contributed by atoms with Crippen LogP contribution < -0.4 is 19.9 Å². The van der Waals surface area contributed by atoms with E-state index < -0.39 is 17.1 Å². The van der Waals surface area contributed by atoms with Crippen molar-refractivity contribution in [3.63, 3.8) is 0 Å². The van der Waals surface area contributed by atoms with E-state index in [4.69, 9.17) is 16.3 Å². The van der Waals surface area contributed by atoms with Crippen molar-refractivity contribution in [3.8, 4) is 6.01 Å². The van der Waals surface area contributed by atoms with E-state index in [0.29, 0.717) is 31.1 Å². The van der Waals surface area contributed by atoms with Gasteiger partial charge in [0.15, 0.2) is 5.83 Å². The number of fused-ring (bicyclic) bond motifs is 2. The van der Waals surface area contributed by atoms with E-state index >= 15 is 0 Å². The first-order chi connectivity index (χ1) is 16.8. The smallest absolute Gasteiger partial charge is 0.318 e. The minimum absolute atomic E-state index is 0.262. The number of benzene rings is 2. The van der Waals surface area contributed by atoms with E-state index in [-0.39, 0.29) is 12.6 Å². The lowest BCUT2D eigenvalue weighted by Crippen LogP contribution is -2.63. The molecule has 0 radical (unpaired) electrons. The lowest BCUT2D eigenvalue weighted by Gasteiger charge is -2.42. The quantitative estimate of drug-likeness (QED) is 0.535. The summed E-state index contributed by atoms with van der Waals surface area (Å²) in [6.07, 6.45) is 0.708. The molecule has 0 aliphatic carbocycles. The summed E-state index contributed by atoms with van der Waals surface area (Å²) in [7, 11) is 1.54. The third-order valence-electron chi connectivity index (χ3n) is 6.83. The normalized spacial score (nSPS) is 20.0. The van der Waals surface area contributed by atoms with E-state index in [1.54, 1.807) is 6.92 Å². The molecule has 2 aliphatic heterocycles. The summed E-state index contributed by atoms with van der Waals surface area (Å²) in [6.45, 7) is 7.62. The summed E-state index contributed by atoms with van der Waals surface area (Å²) >= 11 is 6.59. The molecule has 2 aromatic carbocycles. The highest BCUT2D eigenvalue weighted by molar-refractivity contribution is 6.36. The minimum Gasteiger partial charge on any atom is -0.467 e. The van der Waals surface area contributed by atoms with Gasteiger partial charge in [-0.1, -0.05) is 42.4 Å². The van der Waals surface area contributed by atoms with Crippen LogP contribution >= 0.6 is 11.6 Å². The third kappa shape index (κ3) is 4.21. The second-order valence-electron chi connectivity index (χ2n) is 9.16. The number of hydrogen-bond acceptors (Lipinski definition) is 7. The predicted octanol–water partition coefficient (Wildman–Crippen LogP) is 4.08. The molecule has 1 aromatic heterocycles. The van der Waals surface area contributed by atoms with Gasteiger partial charge in [0.1, 0.15) is 5.82 Å².